The summed E-state index contributed by atoms with van der Waals surface area (Å²) in [7, 11) is 6.32. The van der Waals surface area contributed by atoms with Crippen molar-refractivity contribution in [2.45, 2.75) is 12.0 Å². The van der Waals surface area contributed by atoms with Crippen LogP contribution in [0.3, 0.4) is 0 Å². The fourth-order valence-electron chi connectivity index (χ4n) is 4.10. The molecule has 0 unspecified atom stereocenters. The molecule has 0 spiro atoms. The van der Waals surface area contributed by atoms with Crippen LogP contribution in [0.15, 0.2) is 53.9 Å². The van der Waals surface area contributed by atoms with Gasteiger partial charge >= 0.3 is 0 Å². The number of thiophene rings is 1. The van der Waals surface area contributed by atoms with E-state index in [0.29, 0.717) is 34.1 Å². The monoisotopic (exact) mass is 452 g/mol. The highest BCUT2D eigenvalue weighted by atomic mass is 32.1. The van der Waals surface area contributed by atoms with E-state index >= 15 is 0 Å². The van der Waals surface area contributed by atoms with Crippen molar-refractivity contribution in [1.82, 2.24) is 4.90 Å². The number of methoxy groups -OCH3 is 3. The van der Waals surface area contributed by atoms with Gasteiger partial charge in [0.1, 0.15) is 5.75 Å². The Morgan fingerprint density at radius 1 is 0.969 bits per heavy atom. The first-order chi connectivity index (χ1) is 15.5. The van der Waals surface area contributed by atoms with Crippen molar-refractivity contribution >= 4 is 28.8 Å². The number of likely N-dealkylation sites (N-methyl/N-ethyl adjacent to an activating group) is 1. The second-order valence-corrected chi connectivity index (χ2v) is 8.32. The van der Waals surface area contributed by atoms with Crippen LogP contribution in [0.5, 0.6) is 17.2 Å². The van der Waals surface area contributed by atoms with Crippen LogP contribution in [0.25, 0.3) is 0 Å². The molecule has 3 aromatic rings. The number of amides is 2. The molecule has 0 radical (unpaired) electrons. The van der Waals surface area contributed by atoms with Crippen molar-refractivity contribution in [3.05, 3.63) is 69.9 Å². The molecule has 1 N–H and O–H groups in total. The zero-order chi connectivity index (χ0) is 22.8. The van der Waals surface area contributed by atoms with E-state index in [2.05, 4.69) is 5.32 Å². The molecule has 0 fully saturated rings. The molecule has 7 nitrogen and oxygen atoms in total. The maximum Gasteiger partial charge on any atom is 0.254 e. The van der Waals surface area contributed by atoms with E-state index in [-0.39, 0.29) is 11.8 Å². The van der Waals surface area contributed by atoms with Gasteiger partial charge in [-0.3, -0.25) is 9.59 Å². The smallest absolute Gasteiger partial charge is 0.254 e. The van der Waals surface area contributed by atoms with E-state index in [1.807, 2.05) is 29.6 Å². The summed E-state index contributed by atoms with van der Waals surface area (Å²) in [6.07, 6.45) is 0. The van der Waals surface area contributed by atoms with Crippen molar-refractivity contribution < 1.29 is 23.8 Å². The Morgan fingerprint density at radius 3 is 2.31 bits per heavy atom. The highest BCUT2D eigenvalue weighted by molar-refractivity contribution is 7.10. The van der Waals surface area contributed by atoms with Gasteiger partial charge in [0, 0.05) is 17.5 Å². The topological polar surface area (TPSA) is 77.1 Å². The molecule has 32 heavy (non-hydrogen) atoms. The third kappa shape index (κ3) is 3.67. The third-order valence-corrected chi connectivity index (χ3v) is 6.60. The van der Waals surface area contributed by atoms with E-state index in [0.717, 1.165) is 4.88 Å². The van der Waals surface area contributed by atoms with Crippen LogP contribution >= 0.6 is 11.3 Å². The number of hydrogen-bond donors (Lipinski definition) is 1. The van der Waals surface area contributed by atoms with Crippen LogP contribution in [-0.2, 0) is 4.79 Å². The second-order valence-electron chi connectivity index (χ2n) is 7.34. The number of carbonyl (C=O) groups is 2. The van der Waals surface area contributed by atoms with E-state index in [4.69, 9.17) is 14.2 Å². The van der Waals surface area contributed by atoms with Gasteiger partial charge in [0.25, 0.3) is 5.91 Å². The zero-order valence-electron chi connectivity index (χ0n) is 18.2. The summed E-state index contributed by atoms with van der Waals surface area (Å²) in [6, 6.07) is 14.0. The molecule has 0 saturated heterocycles. The largest absolute Gasteiger partial charge is 0.495 e. The van der Waals surface area contributed by atoms with Gasteiger partial charge in [0.05, 0.1) is 39.0 Å². The van der Waals surface area contributed by atoms with Gasteiger partial charge in [0.15, 0.2) is 11.5 Å². The molecule has 1 aromatic heterocycles. The molecular formula is C24H24N2O5S. The molecule has 1 aliphatic rings. The minimum atomic E-state index is -0.670. The van der Waals surface area contributed by atoms with Crippen molar-refractivity contribution in [1.29, 1.82) is 0 Å². The van der Waals surface area contributed by atoms with Crippen LogP contribution in [0, 0.1) is 0 Å². The van der Waals surface area contributed by atoms with Gasteiger partial charge in [-0.15, -0.1) is 11.3 Å². The number of anilines is 1. The van der Waals surface area contributed by atoms with E-state index in [9.17, 15) is 9.59 Å². The lowest BCUT2D eigenvalue weighted by molar-refractivity contribution is -0.119. The summed E-state index contributed by atoms with van der Waals surface area (Å²) in [5, 5.41) is 4.93. The Labute approximate surface area is 190 Å². The van der Waals surface area contributed by atoms with Crippen molar-refractivity contribution in [2.75, 3.05) is 33.7 Å². The fourth-order valence-corrected chi connectivity index (χ4v) is 5.01. The molecule has 0 bridgehead atoms. The maximum atomic E-state index is 13.7. The number of carbonyl (C=O) groups excluding carboxylic acids is 2. The lowest BCUT2D eigenvalue weighted by atomic mass is 9.81. The highest BCUT2D eigenvalue weighted by Gasteiger charge is 2.44. The van der Waals surface area contributed by atoms with Gasteiger partial charge in [-0.05, 0) is 41.3 Å². The number of nitrogens with zero attached hydrogens (tertiary/aromatic N) is 1. The second kappa shape index (κ2) is 8.92. The lowest BCUT2D eigenvalue weighted by Crippen LogP contribution is -2.43. The van der Waals surface area contributed by atoms with Crippen LogP contribution < -0.4 is 19.5 Å². The van der Waals surface area contributed by atoms with Gasteiger partial charge in [0.2, 0.25) is 5.91 Å². The average Bonchev–Trinajstić information content (AvgIpc) is 3.35. The Bertz CT molecular complexity index is 1150. The average molecular weight is 453 g/mol. The molecule has 2 heterocycles. The maximum absolute atomic E-state index is 13.7. The van der Waals surface area contributed by atoms with Crippen molar-refractivity contribution in [3.8, 4) is 17.2 Å². The fraction of sp³-hybridized carbons (Fsp3) is 0.250. The Balaban J connectivity index is 1.87. The van der Waals surface area contributed by atoms with E-state index in [1.165, 1.54) is 25.6 Å². The molecule has 2 amide bonds. The summed E-state index contributed by atoms with van der Waals surface area (Å²) < 4.78 is 16.3. The van der Waals surface area contributed by atoms with E-state index < -0.39 is 12.0 Å². The standard InChI is InChI=1S/C24H24N2O5S/c1-26-22(20-10-7-11-32-20)21(23(27)25-16-8-5-6-9-17(16)29-2)14-12-18(30-3)19(31-4)13-15(14)24(26)28/h5-13,21-22H,1-4H3,(H,25,27)/t21-,22+/m0/s1. The summed E-state index contributed by atoms with van der Waals surface area (Å²) in [4.78, 5) is 29.6. The predicted octanol–water partition coefficient (Wildman–Crippen LogP) is 4.32. The minimum Gasteiger partial charge on any atom is -0.495 e. The van der Waals surface area contributed by atoms with Gasteiger partial charge in [-0.25, -0.2) is 0 Å². The number of ether oxygens (including phenoxy) is 3. The van der Waals surface area contributed by atoms with Crippen molar-refractivity contribution in [2.24, 2.45) is 0 Å². The molecule has 2 aromatic carbocycles. The minimum absolute atomic E-state index is 0.180. The highest BCUT2D eigenvalue weighted by Crippen LogP contribution is 2.47. The molecule has 0 saturated carbocycles. The Morgan fingerprint density at radius 2 is 1.66 bits per heavy atom. The number of fused-ring (bicyclic) bond motifs is 1. The Kier molecular flexibility index (Phi) is 6.05. The number of rotatable bonds is 6. The van der Waals surface area contributed by atoms with Crippen LogP contribution in [0.4, 0.5) is 5.69 Å². The lowest BCUT2D eigenvalue weighted by Gasteiger charge is -2.39. The first-order valence-electron chi connectivity index (χ1n) is 10.0. The quantitative estimate of drug-likeness (QED) is 0.603. The summed E-state index contributed by atoms with van der Waals surface area (Å²) in [5.74, 6) is 0.355. The summed E-state index contributed by atoms with van der Waals surface area (Å²) in [6.45, 7) is 0. The molecule has 8 heteroatoms. The first kappa shape index (κ1) is 21.7. The molecule has 4 rings (SSSR count). The Hall–Kier alpha value is -3.52. The van der Waals surface area contributed by atoms with Crippen LogP contribution in [0.1, 0.15) is 32.8 Å². The normalized spacial score (nSPS) is 17.5. The molecule has 1 aliphatic heterocycles. The number of nitrogens with one attached hydrogen (secondary N) is 1. The van der Waals surface area contributed by atoms with Crippen LogP contribution in [-0.4, -0.2) is 45.1 Å². The molecule has 0 aliphatic carbocycles. The summed E-state index contributed by atoms with van der Waals surface area (Å²) >= 11 is 1.51. The number of hydrogen-bond acceptors (Lipinski definition) is 6. The number of para-hydroxylation sites is 2. The SMILES string of the molecule is COc1ccccc1NC(=O)[C@H]1c2cc(OC)c(OC)cc2C(=O)N(C)[C@@H]1c1cccs1. The van der Waals surface area contributed by atoms with Gasteiger partial charge in [-0.2, -0.15) is 0 Å². The van der Waals surface area contributed by atoms with Gasteiger partial charge < -0.3 is 24.4 Å². The first-order valence-corrected chi connectivity index (χ1v) is 10.9. The zero-order valence-corrected chi connectivity index (χ0v) is 19.1. The van der Waals surface area contributed by atoms with Crippen LogP contribution in [0.2, 0.25) is 0 Å². The molecular weight excluding hydrogens is 428 g/mol. The molecule has 166 valence electrons. The number of benzene rings is 2. The predicted molar refractivity (Wildman–Crippen MR) is 123 cm³/mol. The van der Waals surface area contributed by atoms with Gasteiger partial charge in [-0.1, -0.05) is 18.2 Å². The summed E-state index contributed by atoms with van der Waals surface area (Å²) in [5.41, 5.74) is 1.57. The van der Waals surface area contributed by atoms with E-state index in [1.54, 1.807) is 43.3 Å². The third-order valence-electron chi connectivity index (χ3n) is 5.66. The molecule has 2 atom stereocenters. The van der Waals surface area contributed by atoms with Crippen molar-refractivity contribution in [3.63, 3.8) is 0 Å².